The van der Waals surface area contributed by atoms with E-state index >= 15 is 0 Å². The van der Waals surface area contributed by atoms with Crippen LogP contribution in [-0.4, -0.2) is 23.6 Å². The number of hydrogen-bond donors (Lipinski definition) is 0. The van der Waals surface area contributed by atoms with E-state index in [0.717, 1.165) is 44.5 Å². The van der Waals surface area contributed by atoms with Crippen LogP contribution in [0.15, 0.2) is 279 Å². The number of hydrogen-bond acceptors (Lipinski definition) is 2. The first-order valence-electron chi connectivity index (χ1n) is 48.3. The summed E-state index contributed by atoms with van der Waals surface area (Å²) in [5, 5.41) is -0.222. The molecule has 2 aliphatic heterocycles. The van der Waals surface area contributed by atoms with Gasteiger partial charge in [0.05, 0.1) is 16.5 Å². The summed E-state index contributed by atoms with van der Waals surface area (Å²) in [4.78, 5) is 3.99. The third kappa shape index (κ3) is 11.1. The van der Waals surface area contributed by atoms with E-state index in [9.17, 15) is 24.7 Å². The van der Waals surface area contributed by atoms with Gasteiger partial charge in [-0.25, -0.2) is 0 Å². The Bertz CT molecular complexity index is 7770. The molecule has 536 valence electrons. The van der Waals surface area contributed by atoms with E-state index in [1.165, 1.54) is 9.13 Å². The van der Waals surface area contributed by atoms with Crippen molar-refractivity contribution in [2.75, 3.05) is 9.80 Å². The zero-order chi connectivity index (χ0) is 94.3. The van der Waals surface area contributed by atoms with Crippen LogP contribution in [0.2, 0.25) is 0 Å². The molecule has 1 unspecified atom stereocenters. The zero-order valence-corrected chi connectivity index (χ0v) is 65.6. The minimum atomic E-state index is -1.58. The number of aromatic nitrogens is 2. The third-order valence-electron chi connectivity index (χ3n) is 22.3. The molecular weight excluding hydrogens is 1380 g/mol. The second kappa shape index (κ2) is 24.8. The van der Waals surface area contributed by atoms with Gasteiger partial charge in [-0.1, -0.05) is 159 Å². The van der Waals surface area contributed by atoms with Crippen molar-refractivity contribution in [3.8, 4) is 67.0 Å². The Morgan fingerprint density at radius 2 is 0.761 bits per heavy atom. The molecule has 0 fully saturated rings. The summed E-state index contributed by atoms with van der Waals surface area (Å²) >= 11 is -1.22. The number of para-hydroxylation sites is 2. The Balaban J connectivity index is 1.09. The summed E-state index contributed by atoms with van der Waals surface area (Å²) in [5.41, 5.74) is 8.22. The van der Waals surface area contributed by atoms with Crippen molar-refractivity contribution < 1.29 is 30.2 Å². The molecule has 0 saturated heterocycles. The van der Waals surface area contributed by atoms with Crippen LogP contribution in [0.5, 0.6) is 0 Å². The summed E-state index contributed by atoms with van der Waals surface area (Å²) in [5.74, 6) is -1.58. The van der Waals surface area contributed by atoms with Gasteiger partial charge in [-0.15, -0.1) is 0 Å². The normalized spacial score (nSPS) is 17.0. The van der Waals surface area contributed by atoms with Crippen LogP contribution in [0.25, 0.3) is 108 Å². The molecule has 0 bridgehead atoms. The average molecular weight is 1500 g/mol. The van der Waals surface area contributed by atoms with E-state index in [-0.39, 0.29) is 121 Å². The second-order valence-corrected chi connectivity index (χ2v) is 36.5. The molecule has 5 heterocycles. The van der Waals surface area contributed by atoms with Crippen molar-refractivity contribution in [1.29, 1.82) is 0 Å². The van der Waals surface area contributed by atoms with Gasteiger partial charge in [0.2, 0.25) is 0 Å². The molecule has 0 N–H and O–H groups in total. The number of rotatable bonds is 8. The predicted molar refractivity (Wildman–Crippen MR) is 466 cm³/mol. The standard InChI is InChI=1S/C104H94N4Se/c1-100(2,3)68-46-42-65(43-47-68)83-57-70(102(7,8)9)55-81(63-30-18-16-19-31-63)97(83)107-87-61-73(105-85-39-27-24-36-76(85)93-75-35-23-22-34-67(75)54-89(93)105)50-52-78(87)94-79-53-51-74(106-86-40-28-25-37-77(86)95-80-38-26-29-41-92(80)109-99(95)106)62-88(79)108(91-60-72(104(13,14)15)59-90(107)96(91)94)98-82(64-32-20-17-21-33-64)56-71(103(10,11)12)58-84(98)66-44-48-69(49-45-66)101(4,5)6/h16-53,55-62,94H,54H2,1-15H3/i22D,23D,24D,25D,26D,27D,28D,29D,34D,35D,36D,37D,38D,39D,40D,41D,50D,51D,52D,53D,61D,62D. The number of anilines is 6. The fourth-order valence-corrected chi connectivity index (χ4v) is 18.8. The number of benzene rings is 13. The summed E-state index contributed by atoms with van der Waals surface area (Å²) < 4.78 is 226. The molecule has 1 atom stereocenters. The van der Waals surface area contributed by atoms with Crippen molar-refractivity contribution >= 4 is 89.9 Å². The van der Waals surface area contributed by atoms with E-state index in [1.807, 2.05) is 70.5 Å². The first-order valence-corrected chi connectivity index (χ1v) is 39.1. The molecule has 3 aliphatic rings. The van der Waals surface area contributed by atoms with Gasteiger partial charge in [0.1, 0.15) is 0 Å². The van der Waals surface area contributed by atoms with Gasteiger partial charge in [-0.2, -0.15) is 0 Å². The van der Waals surface area contributed by atoms with Gasteiger partial charge < -0.3 is 0 Å². The van der Waals surface area contributed by atoms with Crippen LogP contribution >= 0.6 is 0 Å². The van der Waals surface area contributed by atoms with Crippen LogP contribution in [0, 0.1) is 0 Å². The Hall–Kier alpha value is -10.9. The molecular formula is C104H94N4Se. The first kappa shape index (κ1) is 48.5. The molecule has 1 aliphatic carbocycles. The maximum absolute atomic E-state index is 12.0. The molecule has 19 rings (SSSR count). The fraction of sp³-hybridized carbons (Fsp3) is 0.212. The van der Waals surface area contributed by atoms with E-state index in [4.69, 9.17) is 5.48 Å². The molecule has 3 aromatic heterocycles. The van der Waals surface area contributed by atoms with E-state index in [2.05, 4.69) is 189 Å². The Labute approximate surface area is 680 Å². The Kier molecular flexibility index (Phi) is 11.0. The van der Waals surface area contributed by atoms with Crippen molar-refractivity contribution in [2.45, 2.75) is 143 Å². The SMILES string of the molecule is [2H]c1c([2H])c([2H])c2c(c1[2H])Cc1c-2c2c([2H])c([2H])c([2H])c([2H])c2n1-c1c([2H])c([2H])c2c(c1[2H])N(c1c(-c3ccccc3)cc(C(C)(C)C)cc1-c1ccc(C(C)(C)C)cc1)c1cc(C(C)(C)C)cc3c1C2c1c([2H])c([2H])c(-n2c4[se]c5c([2H])c([2H])c([2H])c([2H])c5c4c4c([2H])c([2H])c([2H])c([2H])c42)c([2H])c1N3c1c(-c2ccccc2)cc(C(C)(C)C)cc1-c1ccc(C(C)(C)C)cc1. The van der Waals surface area contributed by atoms with Gasteiger partial charge in [0.25, 0.3) is 0 Å². The summed E-state index contributed by atoms with van der Waals surface area (Å²) in [6.45, 7) is 31.9. The molecule has 16 aromatic rings. The van der Waals surface area contributed by atoms with Crippen molar-refractivity contribution in [3.63, 3.8) is 0 Å². The van der Waals surface area contributed by atoms with Crippen LogP contribution in [-0.2, 0) is 33.5 Å². The summed E-state index contributed by atoms with van der Waals surface area (Å²) in [6.07, 6.45) is -0.333. The maximum atomic E-state index is 12.0. The van der Waals surface area contributed by atoms with Gasteiger partial charge in [-0.3, -0.25) is 0 Å². The van der Waals surface area contributed by atoms with Crippen LogP contribution in [0.1, 0.15) is 196 Å². The zero-order valence-electron chi connectivity index (χ0n) is 85.8. The topological polar surface area (TPSA) is 16.3 Å². The molecule has 0 saturated carbocycles. The second-order valence-electron chi connectivity index (χ2n) is 34.4. The molecule has 109 heavy (non-hydrogen) atoms. The van der Waals surface area contributed by atoms with Gasteiger partial charge in [0.15, 0.2) is 0 Å². The van der Waals surface area contributed by atoms with Crippen molar-refractivity contribution in [2.24, 2.45) is 0 Å². The van der Waals surface area contributed by atoms with E-state index in [1.54, 1.807) is 0 Å². The van der Waals surface area contributed by atoms with Gasteiger partial charge >= 0.3 is 417 Å². The van der Waals surface area contributed by atoms with Crippen molar-refractivity contribution in [3.05, 3.63) is 334 Å². The minimum absolute atomic E-state index is 0.000981. The van der Waals surface area contributed by atoms with Crippen molar-refractivity contribution in [1.82, 2.24) is 9.13 Å². The first-order chi connectivity index (χ1) is 61.4. The molecule has 0 spiro atoms. The number of fused-ring (bicyclic) bond motifs is 14. The Morgan fingerprint density at radius 3 is 1.25 bits per heavy atom. The average Bonchev–Trinajstić information content (AvgIpc) is 1.59. The summed E-state index contributed by atoms with van der Waals surface area (Å²) in [6, 6.07) is 36.7. The molecule has 13 aromatic carbocycles. The van der Waals surface area contributed by atoms with E-state index < -0.39 is 164 Å². The fourth-order valence-electron chi connectivity index (χ4n) is 16.4. The quantitative estimate of drug-likeness (QED) is 0.141. The molecule has 0 amide bonds. The van der Waals surface area contributed by atoms with Crippen LogP contribution < -0.4 is 9.80 Å². The molecule has 4 nitrogen and oxygen atoms in total. The predicted octanol–water partition coefficient (Wildman–Crippen LogP) is 28.4. The molecule has 5 heteroatoms. The third-order valence-corrected chi connectivity index (χ3v) is 24.6. The number of nitrogens with zero attached hydrogens (tertiary/aromatic N) is 4. The van der Waals surface area contributed by atoms with Gasteiger partial charge in [0, 0.05) is 23.1 Å². The van der Waals surface area contributed by atoms with Crippen LogP contribution in [0.3, 0.4) is 0 Å². The molecule has 0 radical (unpaired) electrons. The Morgan fingerprint density at radius 1 is 0.358 bits per heavy atom. The van der Waals surface area contributed by atoms with E-state index in [0.29, 0.717) is 56.1 Å². The monoisotopic (exact) mass is 1500 g/mol. The summed E-state index contributed by atoms with van der Waals surface area (Å²) in [7, 11) is 0. The van der Waals surface area contributed by atoms with Gasteiger partial charge in [-0.05, 0) is 67.8 Å². The van der Waals surface area contributed by atoms with Crippen LogP contribution in [0.4, 0.5) is 34.1 Å².